The van der Waals surface area contributed by atoms with E-state index >= 15 is 0 Å². The summed E-state index contributed by atoms with van der Waals surface area (Å²) in [6.07, 6.45) is 0. The zero-order valence-electron chi connectivity index (χ0n) is 71.8. The summed E-state index contributed by atoms with van der Waals surface area (Å²) in [7, 11) is -1.70. The molecule has 15 aromatic rings. The minimum atomic E-state index is -1.70. The molecule has 128 heavy (non-hydrogen) atoms. The van der Waals surface area contributed by atoms with Crippen LogP contribution in [0.15, 0.2) is 370 Å². The molecule has 0 aliphatic heterocycles. The Morgan fingerprint density at radius 2 is 0.297 bits per heavy atom. The van der Waals surface area contributed by atoms with Crippen LogP contribution in [0, 0.1) is 35.1 Å². The molecule has 0 heterocycles. The van der Waals surface area contributed by atoms with Gasteiger partial charge >= 0.3 is 0 Å². The third-order valence-corrected chi connectivity index (χ3v) is 20.6. The fourth-order valence-electron chi connectivity index (χ4n) is 13.4. The van der Waals surface area contributed by atoms with Crippen molar-refractivity contribution in [2.24, 2.45) is 0 Å². The van der Waals surface area contributed by atoms with E-state index in [1.807, 2.05) is 370 Å². The molecule has 0 fully saturated rings. The molecule has 0 bridgehead atoms. The van der Waals surface area contributed by atoms with Crippen LogP contribution in [0.3, 0.4) is 0 Å². The van der Waals surface area contributed by atoms with Crippen molar-refractivity contribution in [1.82, 2.24) is 0 Å². The van der Waals surface area contributed by atoms with Crippen molar-refractivity contribution < 1.29 is 66.3 Å². The molecule has 0 aromatic heterocycles. The molecule has 0 N–H and O–H groups in total. The van der Waals surface area contributed by atoms with Gasteiger partial charge in [-0.3, -0.25) is 0 Å². The van der Waals surface area contributed by atoms with Gasteiger partial charge in [-0.05, 0) is 186 Å². The largest absolute Gasteiger partial charge is 0.489 e. The number of rotatable bonds is 42. The van der Waals surface area contributed by atoms with Gasteiger partial charge in [0.1, 0.15) is 181 Å². The lowest BCUT2D eigenvalue weighted by Gasteiger charge is -2.17. The van der Waals surface area contributed by atoms with Crippen molar-refractivity contribution in [3.8, 4) is 116 Å². The fraction of sp³-hybridized carbons (Fsp3) is 0.150. The first-order valence-electron chi connectivity index (χ1n) is 42.5. The van der Waals surface area contributed by atoms with Crippen LogP contribution < -0.4 is 66.3 Å². The minimum Gasteiger partial charge on any atom is -0.489 e. The Labute approximate surface area is 751 Å². The molecule has 0 spiro atoms. The van der Waals surface area contributed by atoms with Gasteiger partial charge in [-0.15, -0.1) is 5.54 Å². The quantitative estimate of drug-likeness (QED) is 0.0266. The van der Waals surface area contributed by atoms with E-state index in [1.54, 1.807) is 0 Å². The van der Waals surface area contributed by atoms with E-state index < -0.39 is 8.07 Å². The van der Waals surface area contributed by atoms with Gasteiger partial charge in [0.25, 0.3) is 0 Å². The monoisotopic (exact) mass is 1710 g/mol. The maximum atomic E-state index is 6.88. The van der Waals surface area contributed by atoms with E-state index in [0.29, 0.717) is 139 Å². The lowest BCUT2D eigenvalue weighted by atomic mass is 10.1. The highest BCUT2D eigenvalue weighted by atomic mass is 28.3. The average Bonchev–Trinajstić information content (AvgIpc) is 0.809. The van der Waals surface area contributed by atoms with E-state index in [9.17, 15) is 0 Å². The molecule has 0 aliphatic carbocycles. The highest BCUT2D eigenvalue weighted by Crippen LogP contribution is 2.36. The third-order valence-electron chi connectivity index (χ3n) is 19.8. The second-order valence-electron chi connectivity index (χ2n) is 31.5. The molecule has 15 rings (SSSR count). The van der Waals surface area contributed by atoms with E-state index in [-0.39, 0.29) is 39.6 Å². The van der Waals surface area contributed by atoms with Crippen molar-refractivity contribution in [3.05, 3.63) is 454 Å². The van der Waals surface area contributed by atoms with Crippen molar-refractivity contribution in [1.29, 1.82) is 0 Å². The molecule has 0 saturated carbocycles. The molecular formula is C113H98O14Si. The van der Waals surface area contributed by atoms with Crippen LogP contribution in [0.4, 0.5) is 0 Å². The van der Waals surface area contributed by atoms with Crippen LogP contribution in [0.25, 0.3) is 0 Å². The van der Waals surface area contributed by atoms with Crippen LogP contribution in [0.1, 0.15) is 83.5 Å². The van der Waals surface area contributed by atoms with Crippen LogP contribution in [0.5, 0.6) is 80.5 Å². The summed E-state index contributed by atoms with van der Waals surface area (Å²) >= 11 is 0. The van der Waals surface area contributed by atoms with E-state index in [0.717, 1.165) is 77.9 Å². The summed E-state index contributed by atoms with van der Waals surface area (Å²) in [6.45, 7) is 10.1. The molecule has 0 amide bonds. The first kappa shape index (κ1) is 87.3. The Morgan fingerprint density at radius 1 is 0.156 bits per heavy atom. The maximum Gasteiger partial charge on any atom is 0.130 e. The summed E-state index contributed by atoms with van der Waals surface area (Å²) in [5.41, 5.74) is 16.9. The molecule has 0 saturated heterocycles. The summed E-state index contributed by atoms with van der Waals surface area (Å²) in [5.74, 6) is 23.2. The highest BCUT2D eigenvalue weighted by Gasteiger charge is 2.17. The number of hydrogen-bond acceptors (Lipinski definition) is 14. The van der Waals surface area contributed by atoms with Gasteiger partial charge in [0.2, 0.25) is 0 Å². The Bertz CT molecular complexity index is 5360. The Kier molecular flexibility index (Phi) is 31.2. The Morgan fingerprint density at radius 3 is 0.453 bits per heavy atom. The minimum absolute atomic E-state index is 0.0576. The number of ether oxygens (including phenoxy) is 14. The zero-order valence-corrected chi connectivity index (χ0v) is 72.8. The molecular weight excluding hydrogens is 1610 g/mol. The molecule has 15 aromatic carbocycles. The van der Waals surface area contributed by atoms with Crippen molar-refractivity contribution in [2.45, 2.75) is 112 Å². The van der Waals surface area contributed by atoms with Gasteiger partial charge in [0.15, 0.2) is 0 Å². The smallest absolute Gasteiger partial charge is 0.130 e. The van der Waals surface area contributed by atoms with Crippen molar-refractivity contribution in [2.75, 3.05) is 0 Å². The molecule has 15 heteroatoms. The van der Waals surface area contributed by atoms with Crippen molar-refractivity contribution in [3.63, 3.8) is 0 Å². The molecule has 638 valence electrons. The molecule has 0 unspecified atom stereocenters. The number of benzene rings is 15. The van der Waals surface area contributed by atoms with Crippen LogP contribution in [-0.2, 0) is 92.5 Å². The van der Waals surface area contributed by atoms with E-state index in [4.69, 9.17) is 66.3 Å². The lowest BCUT2D eigenvalue weighted by molar-refractivity contribution is 0.270. The Balaban J connectivity index is 0.735. The second-order valence-corrected chi connectivity index (χ2v) is 36.2. The van der Waals surface area contributed by atoms with Gasteiger partial charge in [-0.25, -0.2) is 0 Å². The molecule has 0 aliphatic rings. The highest BCUT2D eigenvalue weighted by molar-refractivity contribution is 6.83. The lowest BCUT2D eigenvalue weighted by Crippen LogP contribution is -2.16. The second kappa shape index (κ2) is 45.7. The summed E-state index contributed by atoms with van der Waals surface area (Å²) in [4.78, 5) is 0. The first-order chi connectivity index (χ1) is 62.9. The summed E-state index contributed by atoms with van der Waals surface area (Å²) < 4.78 is 92.6. The van der Waals surface area contributed by atoms with Gasteiger partial charge in [0.05, 0.1) is 0 Å². The van der Waals surface area contributed by atoms with Crippen LogP contribution >= 0.6 is 0 Å². The predicted molar refractivity (Wildman–Crippen MR) is 503 cm³/mol. The Hall–Kier alpha value is -15.6. The van der Waals surface area contributed by atoms with Gasteiger partial charge in [-0.1, -0.05) is 268 Å². The van der Waals surface area contributed by atoms with Crippen molar-refractivity contribution >= 4 is 8.07 Å². The predicted octanol–water partition coefficient (Wildman–Crippen LogP) is 25.0. The molecule has 0 radical (unpaired) electrons. The maximum absolute atomic E-state index is 6.88. The summed E-state index contributed by atoms with van der Waals surface area (Å²) in [5, 5.41) is 0. The normalized spacial score (nSPS) is 10.7. The third kappa shape index (κ3) is 29.3. The summed E-state index contributed by atoms with van der Waals surface area (Å²) in [6, 6.07) is 121. The SMILES string of the molecule is C[Si](C)(C)C#CC#CC#Cc1cc(OCc2cc(OCc3cc(OCc4ccccc4)cc(OCc4ccccc4)c3)cc(OCc3cc(OCc4ccccc4)cc(OCc4ccccc4)c3)c2)cc(OCc2cc(OCc3cc(OCc4ccccc4)cc(OCc4ccccc4)c3)cc(OCc3cc(OCc4ccccc4)cc(OCc4ccccc4)c3)c2)c1. The van der Waals surface area contributed by atoms with Gasteiger partial charge in [0, 0.05) is 48.0 Å². The molecule has 14 nitrogen and oxygen atoms in total. The standard InChI is InChI=1S/C113H98O14Si/c1-128(2,3)49-31-5-4-14-48-93-50-100(122-79-98-60-110(124-81-94-52-102(114-71-85-32-15-6-16-33-85)65-103(53-94)115-72-86-34-17-7-18-35-86)69-111(61-98)125-82-95-54-104(116-73-87-36-19-8-20-37-87)66-105(55-95)117-74-88-38-21-9-22-39-88)64-101(51-93)123-80-99-62-112(126-83-96-56-106(118-75-89-40-23-10-24-41-89)67-107(57-96)119-76-90-42-25-11-26-43-90)70-113(63-99)127-84-97-58-108(120-77-91-44-27-12-28-45-91)68-109(59-97)121-78-92-46-29-13-30-47-92/h6-13,15-30,32-47,50-70H,71-84H2,1-3H3. The van der Waals surface area contributed by atoms with Crippen LogP contribution in [0.2, 0.25) is 19.6 Å². The average molecular weight is 1710 g/mol. The van der Waals surface area contributed by atoms with Gasteiger partial charge in [-0.2, -0.15) is 0 Å². The molecule has 0 atom stereocenters. The van der Waals surface area contributed by atoms with E-state index in [2.05, 4.69) is 54.8 Å². The fourth-order valence-corrected chi connectivity index (χ4v) is 13.8. The number of hydrogen-bond donors (Lipinski definition) is 0. The van der Waals surface area contributed by atoms with E-state index in [1.165, 1.54) is 0 Å². The first-order valence-corrected chi connectivity index (χ1v) is 46.0. The van der Waals surface area contributed by atoms with Crippen LogP contribution in [-0.4, -0.2) is 8.07 Å². The zero-order chi connectivity index (χ0) is 87.4. The van der Waals surface area contributed by atoms with Gasteiger partial charge < -0.3 is 66.3 Å². The topological polar surface area (TPSA) is 129 Å².